The fourth-order valence-corrected chi connectivity index (χ4v) is 2.99. The largest absolute Gasteiger partial charge is 0.376 e. The van der Waals surface area contributed by atoms with Crippen LogP contribution in [-0.2, 0) is 4.74 Å². The zero-order valence-electron chi connectivity index (χ0n) is 13.0. The number of fused-ring (bicyclic) bond motifs is 1. The first kappa shape index (κ1) is 14.1. The second-order valence-electron chi connectivity index (χ2n) is 5.83. The van der Waals surface area contributed by atoms with Crippen molar-refractivity contribution in [1.29, 1.82) is 0 Å². The third-order valence-electron chi connectivity index (χ3n) is 4.22. The Morgan fingerprint density at radius 1 is 1.26 bits per heavy atom. The van der Waals surface area contributed by atoms with Crippen LogP contribution in [0.5, 0.6) is 0 Å². The van der Waals surface area contributed by atoms with Gasteiger partial charge in [-0.15, -0.1) is 0 Å². The average molecular weight is 309 g/mol. The number of imidazole rings is 1. The van der Waals surface area contributed by atoms with Gasteiger partial charge in [0.1, 0.15) is 12.1 Å². The van der Waals surface area contributed by atoms with Crippen LogP contribution in [0.3, 0.4) is 0 Å². The summed E-state index contributed by atoms with van der Waals surface area (Å²) in [5, 5.41) is 3.35. The van der Waals surface area contributed by atoms with Gasteiger partial charge in [0.2, 0.25) is 5.95 Å². The van der Waals surface area contributed by atoms with Crippen molar-refractivity contribution in [1.82, 2.24) is 19.5 Å². The van der Waals surface area contributed by atoms with Crippen molar-refractivity contribution in [2.45, 2.75) is 31.9 Å². The first-order valence-electron chi connectivity index (χ1n) is 7.95. The predicted molar refractivity (Wildman–Crippen MR) is 88.7 cm³/mol. The van der Waals surface area contributed by atoms with Crippen LogP contribution in [0.15, 0.2) is 42.9 Å². The fraction of sp³-hybridized carbons (Fsp3) is 0.353. The maximum absolute atomic E-state index is 5.71. The normalized spacial score (nSPS) is 19.1. The molecule has 0 amide bonds. The highest BCUT2D eigenvalue weighted by molar-refractivity contribution is 5.76. The maximum Gasteiger partial charge on any atom is 0.224 e. The van der Waals surface area contributed by atoms with Gasteiger partial charge in [0, 0.05) is 12.8 Å². The number of benzene rings is 1. The van der Waals surface area contributed by atoms with Crippen molar-refractivity contribution in [3.8, 4) is 5.82 Å². The van der Waals surface area contributed by atoms with E-state index >= 15 is 0 Å². The standard InChI is InChI=1S/C17H19N5O/c1-12(15-7-4-10-23-15)20-17-18-9-8-16(21-17)22-11-19-13-5-2-3-6-14(13)22/h2-3,5-6,8-9,11-12,15H,4,7,10H2,1H3,(H,18,20,21). The molecule has 6 nitrogen and oxygen atoms in total. The second kappa shape index (κ2) is 5.96. The summed E-state index contributed by atoms with van der Waals surface area (Å²) in [5.41, 5.74) is 1.98. The Kier molecular flexibility index (Phi) is 3.67. The molecule has 0 aliphatic carbocycles. The lowest BCUT2D eigenvalue weighted by Crippen LogP contribution is -2.30. The van der Waals surface area contributed by atoms with Gasteiger partial charge >= 0.3 is 0 Å². The van der Waals surface area contributed by atoms with E-state index in [9.17, 15) is 0 Å². The second-order valence-corrected chi connectivity index (χ2v) is 5.83. The molecule has 1 saturated heterocycles. The van der Waals surface area contributed by atoms with E-state index in [0.717, 1.165) is 36.3 Å². The van der Waals surface area contributed by atoms with Crippen LogP contribution in [-0.4, -0.2) is 38.3 Å². The predicted octanol–water partition coefficient (Wildman–Crippen LogP) is 2.79. The molecule has 1 aromatic carbocycles. The van der Waals surface area contributed by atoms with Crippen LogP contribution in [0.1, 0.15) is 19.8 Å². The Bertz CT molecular complexity index is 809. The van der Waals surface area contributed by atoms with E-state index < -0.39 is 0 Å². The summed E-state index contributed by atoms with van der Waals surface area (Å²) in [7, 11) is 0. The molecule has 3 heterocycles. The Hall–Kier alpha value is -2.47. The van der Waals surface area contributed by atoms with E-state index in [1.54, 1.807) is 12.5 Å². The minimum atomic E-state index is 0.187. The topological polar surface area (TPSA) is 64.9 Å². The number of hydrogen-bond acceptors (Lipinski definition) is 5. The Morgan fingerprint density at radius 2 is 2.17 bits per heavy atom. The van der Waals surface area contributed by atoms with Crippen LogP contribution in [0.2, 0.25) is 0 Å². The summed E-state index contributed by atoms with van der Waals surface area (Å²) in [4.78, 5) is 13.4. The number of nitrogens with zero attached hydrogens (tertiary/aromatic N) is 4. The number of hydrogen-bond donors (Lipinski definition) is 1. The van der Waals surface area contributed by atoms with Gasteiger partial charge in [-0.25, -0.2) is 9.97 Å². The first-order valence-corrected chi connectivity index (χ1v) is 7.95. The van der Waals surface area contributed by atoms with E-state index in [0.29, 0.717) is 5.95 Å². The Morgan fingerprint density at radius 3 is 3.04 bits per heavy atom. The lowest BCUT2D eigenvalue weighted by Gasteiger charge is -2.20. The molecule has 3 aromatic rings. The van der Waals surface area contributed by atoms with Gasteiger partial charge in [0.25, 0.3) is 0 Å². The number of nitrogens with one attached hydrogen (secondary N) is 1. The van der Waals surface area contributed by atoms with E-state index in [4.69, 9.17) is 4.74 Å². The molecule has 1 aliphatic heterocycles. The van der Waals surface area contributed by atoms with Gasteiger partial charge in [0.05, 0.1) is 23.2 Å². The summed E-state index contributed by atoms with van der Waals surface area (Å²) in [6, 6.07) is 10.1. The molecule has 6 heteroatoms. The molecular weight excluding hydrogens is 290 g/mol. The van der Waals surface area contributed by atoms with E-state index in [-0.39, 0.29) is 12.1 Å². The molecule has 0 spiro atoms. The maximum atomic E-state index is 5.71. The van der Waals surface area contributed by atoms with E-state index in [1.165, 1.54) is 0 Å². The highest BCUT2D eigenvalue weighted by Crippen LogP contribution is 2.19. The molecule has 2 aromatic heterocycles. The van der Waals surface area contributed by atoms with E-state index in [2.05, 4.69) is 27.2 Å². The van der Waals surface area contributed by atoms with Crippen molar-refractivity contribution in [3.63, 3.8) is 0 Å². The van der Waals surface area contributed by atoms with Crippen molar-refractivity contribution in [2.75, 3.05) is 11.9 Å². The van der Waals surface area contributed by atoms with Crippen LogP contribution in [0.4, 0.5) is 5.95 Å². The molecule has 23 heavy (non-hydrogen) atoms. The zero-order chi connectivity index (χ0) is 15.6. The van der Waals surface area contributed by atoms with Gasteiger partial charge in [-0.05, 0) is 38.0 Å². The van der Waals surface area contributed by atoms with Crippen molar-refractivity contribution in [3.05, 3.63) is 42.9 Å². The quantitative estimate of drug-likeness (QED) is 0.803. The highest BCUT2D eigenvalue weighted by Gasteiger charge is 2.22. The molecule has 0 bridgehead atoms. The van der Waals surface area contributed by atoms with Gasteiger partial charge in [0.15, 0.2) is 0 Å². The molecule has 1 N–H and O–H groups in total. The fourth-order valence-electron chi connectivity index (χ4n) is 2.99. The van der Waals surface area contributed by atoms with Crippen molar-refractivity contribution >= 4 is 17.0 Å². The first-order chi connectivity index (χ1) is 11.3. The average Bonchev–Trinajstić information content (AvgIpc) is 3.25. The van der Waals surface area contributed by atoms with Crippen molar-refractivity contribution < 1.29 is 4.74 Å². The third kappa shape index (κ3) is 2.77. The smallest absolute Gasteiger partial charge is 0.224 e. The summed E-state index contributed by atoms with van der Waals surface area (Å²) in [5.74, 6) is 1.42. The van der Waals surface area contributed by atoms with Gasteiger partial charge in [-0.1, -0.05) is 12.1 Å². The van der Waals surface area contributed by atoms with Crippen molar-refractivity contribution in [2.24, 2.45) is 0 Å². The van der Waals surface area contributed by atoms with Crippen LogP contribution >= 0.6 is 0 Å². The number of aromatic nitrogens is 4. The molecule has 118 valence electrons. The summed E-state index contributed by atoms with van der Waals surface area (Å²) < 4.78 is 7.68. The monoisotopic (exact) mass is 309 g/mol. The van der Waals surface area contributed by atoms with E-state index in [1.807, 2.05) is 34.9 Å². The third-order valence-corrected chi connectivity index (χ3v) is 4.22. The van der Waals surface area contributed by atoms with Crippen LogP contribution < -0.4 is 5.32 Å². The van der Waals surface area contributed by atoms with Gasteiger partial charge in [-0.2, -0.15) is 4.98 Å². The minimum Gasteiger partial charge on any atom is -0.376 e. The Balaban J connectivity index is 1.61. The zero-order valence-corrected chi connectivity index (χ0v) is 13.0. The number of anilines is 1. The lowest BCUT2D eigenvalue weighted by molar-refractivity contribution is 0.0994. The number of para-hydroxylation sites is 2. The molecule has 1 aliphatic rings. The lowest BCUT2D eigenvalue weighted by atomic mass is 10.1. The molecule has 1 fully saturated rings. The molecule has 4 rings (SSSR count). The molecule has 0 radical (unpaired) electrons. The molecule has 2 unspecified atom stereocenters. The summed E-state index contributed by atoms with van der Waals surface area (Å²) >= 11 is 0. The summed E-state index contributed by atoms with van der Waals surface area (Å²) in [6.45, 7) is 2.96. The molecule has 0 saturated carbocycles. The SMILES string of the molecule is CC(Nc1nccc(-n2cnc3ccccc32)n1)C1CCCO1. The summed E-state index contributed by atoms with van der Waals surface area (Å²) in [6.07, 6.45) is 6.00. The number of ether oxygens (including phenoxy) is 1. The minimum absolute atomic E-state index is 0.187. The number of rotatable bonds is 4. The van der Waals surface area contributed by atoms with Gasteiger partial charge < -0.3 is 10.1 Å². The molecule has 2 atom stereocenters. The van der Waals surface area contributed by atoms with Crippen LogP contribution in [0.25, 0.3) is 16.9 Å². The van der Waals surface area contributed by atoms with Crippen LogP contribution in [0, 0.1) is 0 Å². The Labute approximate surface area is 134 Å². The highest BCUT2D eigenvalue weighted by atomic mass is 16.5. The molecular formula is C17H19N5O. The van der Waals surface area contributed by atoms with Gasteiger partial charge in [-0.3, -0.25) is 4.57 Å².